The first-order valence-electron chi connectivity index (χ1n) is 6.02. The van der Waals surface area contributed by atoms with Crippen LogP contribution < -0.4 is 0 Å². The number of hydrogen-bond donors (Lipinski definition) is 0. The molecule has 0 amide bonds. The van der Waals surface area contributed by atoms with Crippen molar-refractivity contribution >= 4 is 28.9 Å². The van der Waals surface area contributed by atoms with Crippen molar-refractivity contribution in [1.29, 1.82) is 0 Å². The third-order valence-electron chi connectivity index (χ3n) is 3.38. The van der Waals surface area contributed by atoms with Crippen LogP contribution in [0.25, 0.3) is 0 Å². The minimum absolute atomic E-state index is 0.00506. The highest BCUT2D eigenvalue weighted by molar-refractivity contribution is 6.31. The minimum Gasteiger partial charge on any atom is -0.258 e. The summed E-state index contributed by atoms with van der Waals surface area (Å²) in [5.41, 5.74) is 1.40. The van der Waals surface area contributed by atoms with E-state index in [0.717, 1.165) is 11.1 Å². The Kier molecular flexibility index (Phi) is 4.02. The van der Waals surface area contributed by atoms with Crippen molar-refractivity contribution in [3.63, 3.8) is 0 Å². The second-order valence-corrected chi connectivity index (χ2v) is 5.96. The second kappa shape index (κ2) is 5.43. The Morgan fingerprint density at radius 3 is 2.10 bits per heavy atom. The van der Waals surface area contributed by atoms with Crippen molar-refractivity contribution in [1.82, 2.24) is 0 Å². The van der Waals surface area contributed by atoms with Crippen LogP contribution >= 0.6 is 23.2 Å². The summed E-state index contributed by atoms with van der Waals surface area (Å²) < 4.78 is 0. The Hall–Kier alpha value is -1.58. The summed E-state index contributed by atoms with van der Waals surface area (Å²) in [5.74, 6) is 0. The third kappa shape index (κ3) is 2.94. The highest BCUT2D eigenvalue weighted by atomic mass is 35.5. The fourth-order valence-electron chi connectivity index (χ4n) is 2.07. The van der Waals surface area contributed by atoms with E-state index in [1.54, 1.807) is 24.3 Å². The maximum absolute atomic E-state index is 10.9. The molecule has 0 heterocycles. The smallest absolute Gasteiger partial charge is 0.258 e. The lowest BCUT2D eigenvalue weighted by Crippen LogP contribution is -2.19. The van der Waals surface area contributed by atoms with Gasteiger partial charge in [-0.15, -0.1) is 0 Å². The summed E-state index contributed by atoms with van der Waals surface area (Å²) in [6.45, 7) is 3.98. The zero-order valence-corrected chi connectivity index (χ0v) is 12.6. The molecule has 0 spiro atoms. The molecule has 20 heavy (non-hydrogen) atoms. The van der Waals surface area contributed by atoms with Gasteiger partial charge in [0.05, 0.1) is 4.92 Å². The van der Waals surface area contributed by atoms with Gasteiger partial charge in [-0.1, -0.05) is 49.2 Å². The Morgan fingerprint density at radius 2 is 1.55 bits per heavy atom. The van der Waals surface area contributed by atoms with Crippen LogP contribution in [0, 0.1) is 10.1 Å². The van der Waals surface area contributed by atoms with Crippen LogP contribution in [0.5, 0.6) is 0 Å². The highest BCUT2D eigenvalue weighted by Crippen LogP contribution is 2.35. The van der Waals surface area contributed by atoms with Crippen molar-refractivity contribution in [2.45, 2.75) is 19.3 Å². The lowest BCUT2D eigenvalue weighted by Gasteiger charge is -2.26. The maximum Gasteiger partial charge on any atom is 0.271 e. The molecule has 0 fully saturated rings. The first kappa shape index (κ1) is 14.8. The standard InChI is InChI=1S/C15H13Cl2NO2/c1-15(2,10-3-5-12(16)6-4-10)11-7-13(17)9-14(8-11)18(19)20/h3-9H,1-2H3. The normalized spacial score (nSPS) is 11.4. The number of nitro groups is 1. The number of rotatable bonds is 3. The summed E-state index contributed by atoms with van der Waals surface area (Å²) in [6.07, 6.45) is 0. The maximum atomic E-state index is 10.9. The molecule has 0 saturated carbocycles. The number of nitro benzene ring substituents is 1. The Bertz CT molecular complexity index is 651. The van der Waals surface area contributed by atoms with E-state index in [0.29, 0.717) is 10.0 Å². The van der Waals surface area contributed by atoms with E-state index in [2.05, 4.69) is 0 Å². The van der Waals surface area contributed by atoms with E-state index in [4.69, 9.17) is 23.2 Å². The Labute approximate surface area is 127 Å². The molecule has 2 rings (SSSR count). The average molecular weight is 310 g/mol. The molecule has 0 aliphatic carbocycles. The molecule has 2 aromatic rings. The molecule has 0 atom stereocenters. The number of hydrogen-bond acceptors (Lipinski definition) is 2. The van der Waals surface area contributed by atoms with Crippen molar-refractivity contribution < 1.29 is 4.92 Å². The topological polar surface area (TPSA) is 43.1 Å². The lowest BCUT2D eigenvalue weighted by atomic mass is 9.78. The monoisotopic (exact) mass is 309 g/mol. The van der Waals surface area contributed by atoms with Gasteiger partial charge in [0.2, 0.25) is 0 Å². The van der Waals surface area contributed by atoms with Crippen LogP contribution in [0.1, 0.15) is 25.0 Å². The summed E-state index contributed by atoms with van der Waals surface area (Å²) in [5, 5.41) is 12.0. The number of halogens is 2. The van der Waals surface area contributed by atoms with Gasteiger partial charge in [-0.3, -0.25) is 10.1 Å². The van der Waals surface area contributed by atoms with Crippen molar-refractivity contribution in [3.05, 3.63) is 73.8 Å². The molecule has 0 aliphatic heterocycles. The van der Waals surface area contributed by atoms with E-state index < -0.39 is 10.3 Å². The molecule has 0 unspecified atom stereocenters. The van der Waals surface area contributed by atoms with Gasteiger partial charge >= 0.3 is 0 Å². The summed E-state index contributed by atoms with van der Waals surface area (Å²) in [4.78, 5) is 10.5. The van der Waals surface area contributed by atoms with E-state index in [1.807, 2.05) is 26.0 Å². The van der Waals surface area contributed by atoms with Crippen LogP contribution in [0.15, 0.2) is 42.5 Å². The second-order valence-electron chi connectivity index (χ2n) is 5.09. The third-order valence-corrected chi connectivity index (χ3v) is 3.85. The number of nitrogens with zero attached hydrogens (tertiary/aromatic N) is 1. The Morgan fingerprint density at radius 1 is 0.950 bits per heavy atom. The van der Waals surface area contributed by atoms with E-state index in [1.165, 1.54) is 6.07 Å². The molecule has 0 N–H and O–H groups in total. The van der Waals surface area contributed by atoms with E-state index in [-0.39, 0.29) is 5.69 Å². The van der Waals surface area contributed by atoms with Crippen molar-refractivity contribution in [3.8, 4) is 0 Å². The molecule has 5 heteroatoms. The highest BCUT2D eigenvalue weighted by Gasteiger charge is 2.25. The molecule has 0 aromatic heterocycles. The van der Waals surface area contributed by atoms with Crippen molar-refractivity contribution in [2.24, 2.45) is 0 Å². The molecular formula is C15H13Cl2NO2. The zero-order valence-electron chi connectivity index (χ0n) is 11.1. The van der Waals surface area contributed by atoms with Crippen molar-refractivity contribution in [2.75, 3.05) is 0 Å². The van der Waals surface area contributed by atoms with E-state index in [9.17, 15) is 10.1 Å². The van der Waals surface area contributed by atoms with Gasteiger partial charge in [0, 0.05) is 27.6 Å². The minimum atomic E-state index is -0.437. The first-order chi connectivity index (χ1) is 9.30. The van der Waals surface area contributed by atoms with Gasteiger partial charge in [-0.2, -0.15) is 0 Å². The Balaban J connectivity index is 2.53. The van der Waals surface area contributed by atoms with Crippen LogP contribution in [0.4, 0.5) is 5.69 Å². The molecule has 104 valence electrons. The van der Waals surface area contributed by atoms with Gasteiger partial charge in [0.15, 0.2) is 0 Å². The zero-order chi connectivity index (χ0) is 14.9. The van der Waals surface area contributed by atoms with Gasteiger partial charge in [0.1, 0.15) is 0 Å². The van der Waals surface area contributed by atoms with Crippen LogP contribution in [-0.2, 0) is 5.41 Å². The predicted molar refractivity (Wildman–Crippen MR) is 81.7 cm³/mol. The SMILES string of the molecule is CC(C)(c1ccc(Cl)cc1)c1cc(Cl)cc([N+](=O)[O-])c1. The molecule has 0 aliphatic rings. The molecule has 2 aromatic carbocycles. The molecule has 0 radical (unpaired) electrons. The fourth-order valence-corrected chi connectivity index (χ4v) is 2.43. The number of non-ortho nitro benzene ring substituents is 1. The molecular weight excluding hydrogens is 297 g/mol. The molecule has 3 nitrogen and oxygen atoms in total. The van der Waals surface area contributed by atoms with Gasteiger partial charge in [-0.05, 0) is 29.3 Å². The fraction of sp³-hybridized carbons (Fsp3) is 0.200. The van der Waals surface area contributed by atoms with E-state index >= 15 is 0 Å². The quantitative estimate of drug-likeness (QED) is 0.575. The first-order valence-corrected chi connectivity index (χ1v) is 6.78. The van der Waals surface area contributed by atoms with Gasteiger partial charge in [0.25, 0.3) is 5.69 Å². The molecule has 0 bridgehead atoms. The van der Waals surface area contributed by atoms with Gasteiger partial charge in [-0.25, -0.2) is 0 Å². The lowest BCUT2D eigenvalue weighted by molar-refractivity contribution is -0.384. The summed E-state index contributed by atoms with van der Waals surface area (Å²) in [7, 11) is 0. The average Bonchev–Trinajstić information content (AvgIpc) is 2.38. The van der Waals surface area contributed by atoms with Crippen LogP contribution in [0.2, 0.25) is 10.0 Å². The largest absolute Gasteiger partial charge is 0.271 e. The number of benzene rings is 2. The van der Waals surface area contributed by atoms with Gasteiger partial charge < -0.3 is 0 Å². The summed E-state index contributed by atoms with van der Waals surface area (Å²) in [6, 6.07) is 12.1. The predicted octanol–water partition coefficient (Wildman–Crippen LogP) is 5.23. The van der Waals surface area contributed by atoms with Crippen LogP contribution in [-0.4, -0.2) is 4.92 Å². The van der Waals surface area contributed by atoms with Crippen LogP contribution in [0.3, 0.4) is 0 Å². The summed E-state index contributed by atoms with van der Waals surface area (Å²) >= 11 is 11.9. The molecule has 0 saturated heterocycles.